The van der Waals surface area contributed by atoms with Crippen LogP contribution in [0, 0.1) is 6.92 Å². The van der Waals surface area contributed by atoms with E-state index in [1.807, 2.05) is 0 Å². The highest BCUT2D eigenvalue weighted by molar-refractivity contribution is 9.10. The summed E-state index contributed by atoms with van der Waals surface area (Å²) in [5.74, 6) is -2.06. The SMILES string of the molecule is Cc1noc(C(=O)NS(=O)(=O)c2cc(C(F)(F)F)cc(C(F)(F)F)c2)c1Br. The van der Waals surface area contributed by atoms with Crippen molar-refractivity contribution in [1.82, 2.24) is 9.88 Å². The Labute approximate surface area is 155 Å². The lowest BCUT2D eigenvalue weighted by molar-refractivity contribution is -0.143. The molecule has 0 aliphatic heterocycles. The Hall–Kier alpha value is -2.09. The van der Waals surface area contributed by atoms with Crippen molar-refractivity contribution in [3.63, 3.8) is 0 Å². The molecular weight excluding hydrogens is 474 g/mol. The van der Waals surface area contributed by atoms with Gasteiger partial charge in [-0.15, -0.1) is 0 Å². The smallest absolute Gasteiger partial charge is 0.349 e. The fourth-order valence-corrected chi connectivity index (χ4v) is 3.15. The quantitative estimate of drug-likeness (QED) is 0.673. The number of hydrogen-bond donors (Lipinski definition) is 1. The summed E-state index contributed by atoms with van der Waals surface area (Å²) in [4.78, 5) is 10.5. The van der Waals surface area contributed by atoms with Crippen LogP contribution in [0.15, 0.2) is 32.1 Å². The second-order valence-corrected chi connectivity index (χ2v) is 7.56. The minimum absolute atomic E-state index is 0.0223. The molecule has 0 radical (unpaired) electrons. The molecule has 0 saturated carbocycles. The van der Waals surface area contributed by atoms with E-state index in [4.69, 9.17) is 0 Å². The minimum atomic E-state index is -5.25. The highest BCUT2D eigenvalue weighted by atomic mass is 79.9. The number of aryl methyl sites for hydroxylation is 1. The van der Waals surface area contributed by atoms with Crippen LogP contribution >= 0.6 is 15.9 Å². The van der Waals surface area contributed by atoms with Crippen LogP contribution in [0.25, 0.3) is 0 Å². The van der Waals surface area contributed by atoms with E-state index in [-0.39, 0.29) is 28.4 Å². The lowest BCUT2D eigenvalue weighted by Gasteiger charge is -2.14. The summed E-state index contributed by atoms with van der Waals surface area (Å²) in [5, 5.41) is 3.36. The summed E-state index contributed by atoms with van der Waals surface area (Å²) in [7, 11) is -5.09. The number of nitrogens with one attached hydrogen (secondary N) is 1. The first-order chi connectivity index (χ1) is 12.1. The van der Waals surface area contributed by atoms with Gasteiger partial charge in [0.25, 0.3) is 10.0 Å². The lowest BCUT2D eigenvalue weighted by Crippen LogP contribution is -2.31. The molecule has 0 bridgehead atoms. The van der Waals surface area contributed by atoms with Crippen molar-refractivity contribution in [2.75, 3.05) is 0 Å². The molecule has 1 heterocycles. The molecule has 0 atom stereocenters. The summed E-state index contributed by atoms with van der Waals surface area (Å²) >= 11 is 2.88. The van der Waals surface area contributed by atoms with E-state index in [0.717, 1.165) is 0 Å². The molecule has 1 aromatic carbocycles. The summed E-state index contributed by atoms with van der Waals surface area (Å²) < 4.78 is 107. The van der Waals surface area contributed by atoms with E-state index >= 15 is 0 Å². The molecule has 2 aromatic rings. The van der Waals surface area contributed by atoms with Gasteiger partial charge < -0.3 is 4.52 Å². The Kier molecular flexibility index (Phi) is 5.35. The van der Waals surface area contributed by atoms with Crippen molar-refractivity contribution in [1.29, 1.82) is 0 Å². The zero-order chi connectivity index (χ0) is 20.8. The molecular formula is C13H7BrF6N2O4S. The average Bonchev–Trinajstić information content (AvgIpc) is 2.84. The Morgan fingerprint density at radius 2 is 1.56 bits per heavy atom. The topological polar surface area (TPSA) is 89.3 Å². The van der Waals surface area contributed by atoms with E-state index in [1.54, 1.807) is 0 Å². The first kappa shape index (κ1) is 21.2. The normalized spacial score (nSPS) is 12.9. The van der Waals surface area contributed by atoms with Gasteiger partial charge in [0.15, 0.2) is 0 Å². The summed E-state index contributed by atoms with van der Waals surface area (Å²) in [6, 6.07) is -0.283. The predicted octanol–water partition coefficient (Wildman–Crippen LogP) is 3.90. The molecule has 2 rings (SSSR count). The maximum Gasteiger partial charge on any atom is 0.416 e. The number of carbonyl (C=O) groups excluding carboxylic acids is 1. The second-order valence-electron chi connectivity index (χ2n) is 5.09. The third-order valence-corrected chi connectivity index (χ3v) is 5.34. The van der Waals surface area contributed by atoms with Crippen LogP contribution in [-0.2, 0) is 22.4 Å². The van der Waals surface area contributed by atoms with Crippen LogP contribution in [0.4, 0.5) is 26.3 Å². The molecule has 148 valence electrons. The van der Waals surface area contributed by atoms with E-state index in [0.29, 0.717) is 0 Å². The van der Waals surface area contributed by atoms with Crippen LogP contribution in [-0.4, -0.2) is 19.5 Å². The fourth-order valence-electron chi connectivity index (χ4n) is 1.81. The molecule has 1 aromatic heterocycles. The molecule has 27 heavy (non-hydrogen) atoms. The molecule has 0 spiro atoms. The second kappa shape index (κ2) is 6.82. The van der Waals surface area contributed by atoms with Crippen LogP contribution in [0.5, 0.6) is 0 Å². The van der Waals surface area contributed by atoms with E-state index < -0.39 is 50.1 Å². The van der Waals surface area contributed by atoms with Gasteiger partial charge in [-0.1, -0.05) is 5.16 Å². The number of carbonyl (C=O) groups is 1. The zero-order valence-corrected chi connectivity index (χ0v) is 15.3. The maximum absolute atomic E-state index is 12.8. The monoisotopic (exact) mass is 480 g/mol. The number of halogens is 7. The van der Waals surface area contributed by atoms with Crippen molar-refractivity contribution < 1.29 is 44.1 Å². The Balaban J connectivity index is 2.51. The molecule has 1 amide bonds. The molecule has 0 saturated heterocycles. The van der Waals surface area contributed by atoms with E-state index in [2.05, 4.69) is 25.6 Å². The summed E-state index contributed by atoms with van der Waals surface area (Å²) in [6.45, 7) is 1.39. The van der Waals surface area contributed by atoms with Gasteiger partial charge in [-0.05, 0) is 41.1 Å². The Morgan fingerprint density at radius 3 is 1.93 bits per heavy atom. The number of nitrogens with zero attached hydrogens (tertiary/aromatic N) is 1. The van der Waals surface area contributed by atoms with Gasteiger partial charge in [-0.3, -0.25) is 4.79 Å². The highest BCUT2D eigenvalue weighted by Crippen LogP contribution is 2.37. The van der Waals surface area contributed by atoms with Gasteiger partial charge in [0.1, 0.15) is 0 Å². The third kappa shape index (κ3) is 4.61. The first-order valence-electron chi connectivity index (χ1n) is 6.61. The average molecular weight is 481 g/mol. The molecule has 0 aliphatic rings. The molecule has 6 nitrogen and oxygen atoms in total. The van der Waals surface area contributed by atoms with Crippen molar-refractivity contribution in [3.05, 3.63) is 45.3 Å². The minimum Gasteiger partial charge on any atom is -0.349 e. The van der Waals surface area contributed by atoms with E-state index in [1.165, 1.54) is 11.6 Å². The summed E-state index contributed by atoms with van der Waals surface area (Å²) in [6.07, 6.45) is -10.5. The standard InChI is InChI=1S/C13H7BrF6N2O4S/c1-5-9(14)10(26-21-5)11(23)22-27(24,25)8-3-6(12(15,16)17)2-7(4-8)13(18,19)20/h2-4H,1H3,(H,22,23). The fraction of sp³-hybridized carbons (Fsp3) is 0.231. The molecule has 0 fully saturated rings. The van der Waals surface area contributed by atoms with Gasteiger partial charge in [0, 0.05) is 0 Å². The zero-order valence-electron chi connectivity index (χ0n) is 12.9. The number of alkyl halides is 6. The van der Waals surface area contributed by atoms with Crippen LogP contribution in [0.2, 0.25) is 0 Å². The molecule has 1 N–H and O–H groups in total. The van der Waals surface area contributed by atoms with Crippen molar-refractivity contribution >= 4 is 31.9 Å². The predicted molar refractivity (Wildman–Crippen MR) is 80.0 cm³/mol. The van der Waals surface area contributed by atoms with Crippen LogP contribution in [0.1, 0.15) is 27.4 Å². The number of rotatable bonds is 3. The number of hydrogen-bond acceptors (Lipinski definition) is 5. The van der Waals surface area contributed by atoms with Crippen LogP contribution < -0.4 is 4.72 Å². The van der Waals surface area contributed by atoms with Crippen LogP contribution in [0.3, 0.4) is 0 Å². The number of sulfonamides is 1. The van der Waals surface area contributed by atoms with Crippen molar-refractivity contribution in [3.8, 4) is 0 Å². The van der Waals surface area contributed by atoms with Gasteiger partial charge in [-0.25, -0.2) is 13.1 Å². The first-order valence-corrected chi connectivity index (χ1v) is 8.89. The van der Waals surface area contributed by atoms with Crippen molar-refractivity contribution in [2.24, 2.45) is 0 Å². The Morgan fingerprint density at radius 1 is 1.07 bits per heavy atom. The lowest BCUT2D eigenvalue weighted by atomic mass is 10.1. The number of aromatic nitrogens is 1. The van der Waals surface area contributed by atoms with Gasteiger partial charge >= 0.3 is 18.3 Å². The highest BCUT2D eigenvalue weighted by Gasteiger charge is 2.38. The molecule has 0 aliphatic carbocycles. The number of amides is 1. The molecule has 14 heteroatoms. The van der Waals surface area contributed by atoms with Gasteiger partial charge in [-0.2, -0.15) is 26.3 Å². The van der Waals surface area contributed by atoms with Gasteiger partial charge in [0.2, 0.25) is 5.76 Å². The number of benzene rings is 1. The Bertz CT molecular complexity index is 965. The summed E-state index contributed by atoms with van der Waals surface area (Å²) in [5.41, 5.74) is -3.53. The van der Waals surface area contributed by atoms with E-state index in [9.17, 15) is 39.6 Å². The molecule has 0 unspecified atom stereocenters. The third-order valence-electron chi connectivity index (χ3n) is 3.10. The van der Waals surface area contributed by atoms with Crippen molar-refractivity contribution in [2.45, 2.75) is 24.2 Å². The maximum atomic E-state index is 12.8. The largest absolute Gasteiger partial charge is 0.416 e. The van der Waals surface area contributed by atoms with Gasteiger partial charge in [0.05, 0.1) is 26.2 Å².